The number of fused-ring (bicyclic) bond motifs is 2. The third-order valence-electron chi connectivity index (χ3n) is 6.15. The summed E-state index contributed by atoms with van der Waals surface area (Å²) in [6, 6.07) is 3.19. The van der Waals surface area contributed by atoms with Gasteiger partial charge in [0, 0.05) is 49.0 Å². The lowest BCUT2D eigenvalue weighted by Crippen LogP contribution is -2.15. The molecule has 0 radical (unpaired) electrons. The van der Waals surface area contributed by atoms with Gasteiger partial charge in [-0.15, -0.1) is 0 Å². The van der Waals surface area contributed by atoms with E-state index < -0.39 is 5.97 Å². The maximum atomic E-state index is 15.5. The lowest BCUT2D eigenvalue weighted by Gasteiger charge is -2.14. The Morgan fingerprint density at radius 1 is 1.31 bits per heavy atom. The third-order valence-corrected chi connectivity index (χ3v) is 6.15. The molecule has 0 bridgehead atoms. The van der Waals surface area contributed by atoms with Crippen molar-refractivity contribution in [3.05, 3.63) is 40.6 Å². The van der Waals surface area contributed by atoms with Gasteiger partial charge in [0.05, 0.1) is 24.4 Å². The summed E-state index contributed by atoms with van der Waals surface area (Å²) >= 11 is 0. The fourth-order valence-corrected chi connectivity index (χ4v) is 4.64. The quantitative estimate of drug-likeness (QED) is 0.605. The highest BCUT2D eigenvalue weighted by Crippen LogP contribution is 2.40. The van der Waals surface area contributed by atoms with Crippen LogP contribution in [0.3, 0.4) is 0 Å². The van der Waals surface area contributed by atoms with E-state index in [9.17, 15) is 9.90 Å². The molecule has 0 saturated carbocycles. The number of carbonyl (C=O) groups excluding carboxylic acids is 1. The number of halogens is 1. The second-order valence-corrected chi connectivity index (χ2v) is 8.14. The summed E-state index contributed by atoms with van der Waals surface area (Å²) in [7, 11) is 1.84. The van der Waals surface area contributed by atoms with Crippen molar-refractivity contribution in [1.29, 1.82) is 0 Å². The van der Waals surface area contributed by atoms with Crippen molar-refractivity contribution < 1.29 is 23.8 Å². The summed E-state index contributed by atoms with van der Waals surface area (Å²) in [6.07, 6.45) is 2.58. The molecule has 7 nitrogen and oxygen atoms in total. The van der Waals surface area contributed by atoms with E-state index in [0.717, 1.165) is 29.5 Å². The molecule has 3 aromatic rings. The lowest BCUT2D eigenvalue weighted by molar-refractivity contribution is 0.0512. The number of aliphatic hydroxyl groups excluding tert-OH is 1. The minimum atomic E-state index is -0.419. The smallest absolute Gasteiger partial charge is 0.355 e. The standard InChI is InChI=1S/C24H30FN3O4/c1-4-32-24(30)23-16(8-7-12-29)17-9-10-18(25)21-20-15(2)27(3)26-19(20)14-31-13-6-5-11-28(23)22(17)21/h9-10,29H,4-8,11-14H2,1-3H3. The maximum absolute atomic E-state index is 15.5. The van der Waals surface area contributed by atoms with Gasteiger partial charge in [0.25, 0.3) is 0 Å². The molecule has 0 atom stereocenters. The van der Waals surface area contributed by atoms with Crippen molar-refractivity contribution in [1.82, 2.24) is 14.3 Å². The van der Waals surface area contributed by atoms with E-state index in [-0.39, 0.29) is 19.0 Å². The van der Waals surface area contributed by atoms with Crippen molar-refractivity contribution in [2.75, 3.05) is 19.8 Å². The van der Waals surface area contributed by atoms with Crippen molar-refractivity contribution in [2.24, 2.45) is 7.05 Å². The molecule has 0 unspecified atom stereocenters. The Labute approximate surface area is 186 Å². The van der Waals surface area contributed by atoms with Crippen LogP contribution >= 0.6 is 0 Å². The molecule has 172 valence electrons. The van der Waals surface area contributed by atoms with Gasteiger partial charge in [-0.25, -0.2) is 9.18 Å². The second-order valence-electron chi connectivity index (χ2n) is 8.14. The van der Waals surface area contributed by atoms with Crippen LogP contribution in [0.1, 0.15) is 53.6 Å². The molecule has 1 N–H and O–H groups in total. The van der Waals surface area contributed by atoms with Crippen LogP contribution in [0.2, 0.25) is 0 Å². The fraction of sp³-hybridized carbons (Fsp3) is 0.500. The number of hydrogen-bond donors (Lipinski definition) is 1. The summed E-state index contributed by atoms with van der Waals surface area (Å²) in [4.78, 5) is 13.1. The number of hydrogen-bond acceptors (Lipinski definition) is 5. The average molecular weight is 444 g/mol. The van der Waals surface area contributed by atoms with Crippen LogP contribution in [0.15, 0.2) is 12.1 Å². The van der Waals surface area contributed by atoms with Crippen LogP contribution in [0.25, 0.3) is 22.0 Å². The van der Waals surface area contributed by atoms with Crippen molar-refractivity contribution in [2.45, 2.75) is 52.7 Å². The SMILES string of the molecule is CCOC(=O)c1c(CCCO)c2ccc(F)c3c2n1CCCCOCc1nn(C)c(C)c1-3. The number of rotatable bonds is 5. The molecular formula is C24H30FN3O4. The fourth-order valence-electron chi connectivity index (χ4n) is 4.64. The molecule has 4 rings (SSSR count). The first-order chi connectivity index (χ1) is 15.5. The number of carbonyl (C=O) groups is 1. The molecule has 32 heavy (non-hydrogen) atoms. The number of nitrogens with zero attached hydrogens (tertiary/aromatic N) is 3. The van der Waals surface area contributed by atoms with Crippen LogP contribution in [0.4, 0.5) is 4.39 Å². The minimum Gasteiger partial charge on any atom is -0.461 e. The summed E-state index contributed by atoms with van der Waals surface area (Å²) in [5, 5.41) is 14.9. The molecule has 0 fully saturated rings. The Morgan fingerprint density at radius 2 is 2.12 bits per heavy atom. The van der Waals surface area contributed by atoms with E-state index in [1.807, 2.05) is 18.5 Å². The lowest BCUT2D eigenvalue weighted by atomic mass is 9.97. The Bertz CT molecular complexity index is 1150. The van der Waals surface area contributed by atoms with Gasteiger partial charge in [-0.05, 0) is 57.2 Å². The zero-order chi connectivity index (χ0) is 22.8. The van der Waals surface area contributed by atoms with Crippen LogP contribution in [0.5, 0.6) is 0 Å². The molecular weight excluding hydrogens is 413 g/mol. The molecule has 1 aliphatic heterocycles. The molecule has 1 aliphatic rings. The van der Waals surface area contributed by atoms with E-state index in [2.05, 4.69) is 5.10 Å². The molecule has 0 aliphatic carbocycles. The zero-order valence-electron chi connectivity index (χ0n) is 18.9. The third kappa shape index (κ3) is 3.82. The van der Waals surface area contributed by atoms with Crippen LogP contribution in [-0.4, -0.2) is 45.2 Å². The van der Waals surface area contributed by atoms with Gasteiger partial charge in [0.1, 0.15) is 11.5 Å². The number of esters is 1. The molecule has 0 spiro atoms. The van der Waals surface area contributed by atoms with Gasteiger partial charge in [0.2, 0.25) is 0 Å². The average Bonchev–Trinajstić information content (AvgIpc) is 3.22. The summed E-state index contributed by atoms with van der Waals surface area (Å²) in [5.74, 6) is -0.783. The van der Waals surface area contributed by atoms with Crippen LogP contribution < -0.4 is 0 Å². The molecule has 1 aromatic carbocycles. The number of aryl methyl sites for hydroxylation is 3. The molecule has 8 heteroatoms. The number of benzene rings is 1. The van der Waals surface area contributed by atoms with Gasteiger partial charge in [-0.1, -0.05) is 0 Å². The number of aromatic nitrogens is 3. The van der Waals surface area contributed by atoms with E-state index in [1.165, 1.54) is 6.07 Å². The van der Waals surface area contributed by atoms with Gasteiger partial charge < -0.3 is 19.1 Å². The predicted molar refractivity (Wildman–Crippen MR) is 119 cm³/mol. The first-order valence-corrected chi connectivity index (χ1v) is 11.2. The van der Waals surface area contributed by atoms with Crippen molar-refractivity contribution in [3.63, 3.8) is 0 Å². The Hall–Kier alpha value is -2.71. The second kappa shape index (κ2) is 9.42. The predicted octanol–water partition coefficient (Wildman–Crippen LogP) is 3.90. The van der Waals surface area contributed by atoms with E-state index >= 15 is 4.39 Å². The normalized spacial score (nSPS) is 14.3. The van der Waals surface area contributed by atoms with E-state index in [0.29, 0.717) is 60.6 Å². The van der Waals surface area contributed by atoms with E-state index in [1.54, 1.807) is 17.7 Å². The molecule has 0 saturated heterocycles. The monoisotopic (exact) mass is 443 g/mol. The first-order valence-electron chi connectivity index (χ1n) is 11.2. The van der Waals surface area contributed by atoms with Gasteiger partial charge >= 0.3 is 5.97 Å². The van der Waals surface area contributed by atoms with Gasteiger partial charge in [0.15, 0.2) is 0 Å². The topological polar surface area (TPSA) is 78.5 Å². The van der Waals surface area contributed by atoms with Crippen molar-refractivity contribution >= 4 is 16.9 Å². The van der Waals surface area contributed by atoms with Gasteiger partial charge in [-0.3, -0.25) is 4.68 Å². The highest BCUT2D eigenvalue weighted by atomic mass is 19.1. The van der Waals surface area contributed by atoms with Crippen molar-refractivity contribution in [3.8, 4) is 11.1 Å². The Morgan fingerprint density at radius 3 is 2.88 bits per heavy atom. The number of aliphatic hydroxyl groups is 1. The summed E-state index contributed by atoms with van der Waals surface area (Å²) in [6.45, 7) is 5.34. The highest BCUT2D eigenvalue weighted by Gasteiger charge is 2.29. The largest absolute Gasteiger partial charge is 0.461 e. The molecule has 0 amide bonds. The van der Waals surface area contributed by atoms with Gasteiger partial charge in [-0.2, -0.15) is 5.10 Å². The molecule has 2 aromatic heterocycles. The Balaban J connectivity index is 2.12. The zero-order valence-corrected chi connectivity index (χ0v) is 18.9. The highest BCUT2D eigenvalue weighted by molar-refractivity contribution is 6.05. The minimum absolute atomic E-state index is 0.00614. The maximum Gasteiger partial charge on any atom is 0.355 e. The first kappa shape index (κ1) is 22.5. The molecule has 3 heterocycles. The van der Waals surface area contributed by atoms with Crippen LogP contribution in [0, 0.1) is 12.7 Å². The summed E-state index contributed by atoms with van der Waals surface area (Å²) in [5.41, 5.74) is 4.59. The Kier molecular flexibility index (Phi) is 6.62. The summed E-state index contributed by atoms with van der Waals surface area (Å²) < 4.78 is 30.4. The number of ether oxygens (including phenoxy) is 2. The van der Waals surface area contributed by atoms with Crippen LogP contribution in [-0.2, 0) is 36.1 Å². The van der Waals surface area contributed by atoms with E-state index in [4.69, 9.17) is 9.47 Å².